The number of hydrogen-bond donors (Lipinski definition) is 2. The molecule has 6 heteroatoms. The number of nitrogens with one attached hydrogen (secondary N) is 2. The fourth-order valence-electron chi connectivity index (χ4n) is 1.88. The topological polar surface area (TPSA) is 50.4 Å². The van der Waals surface area contributed by atoms with Crippen molar-refractivity contribution in [1.29, 1.82) is 0 Å². The second-order valence-corrected chi connectivity index (χ2v) is 4.55. The SMILES string of the molecule is COc1ccc(NC(=O)C(C)C2CNC2)cc1F.Cl. The van der Waals surface area contributed by atoms with Gasteiger partial charge in [0, 0.05) is 17.7 Å². The molecule has 1 aliphatic rings. The Morgan fingerprint density at radius 3 is 2.68 bits per heavy atom. The second-order valence-electron chi connectivity index (χ2n) is 4.55. The summed E-state index contributed by atoms with van der Waals surface area (Å²) in [5.41, 5.74) is 0.456. The van der Waals surface area contributed by atoms with Gasteiger partial charge in [0.1, 0.15) is 0 Å². The van der Waals surface area contributed by atoms with Crippen LogP contribution in [0.2, 0.25) is 0 Å². The van der Waals surface area contributed by atoms with E-state index in [1.165, 1.54) is 19.2 Å². The van der Waals surface area contributed by atoms with Gasteiger partial charge in [-0.3, -0.25) is 4.79 Å². The number of carbonyl (C=O) groups is 1. The molecule has 1 amide bonds. The lowest BCUT2D eigenvalue weighted by atomic mass is 9.88. The molecule has 1 unspecified atom stereocenters. The highest BCUT2D eigenvalue weighted by Gasteiger charge is 2.28. The highest BCUT2D eigenvalue weighted by atomic mass is 35.5. The standard InChI is InChI=1S/C13H17FN2O2.ClH/c1-8(9-6-15-7-9)13(17)16-10-3-4-12(18-2)11(14)5-10;/h3-5,8-9,15H,6-7H2,1-2H3,(H,16,17);1H. The Bertz CT molecular complexity index is 452. The van der Waals surface area contributed by atoms with Crippen molar-refractivity contribution in [2.75, 3.05) is 25.5 Å². The van der Waals surface area contributed by atoms with Crippen LogP contribution in [0.1, 0.15) is 6.92 Å². The van der Waals surface area contributed by atoms with E-state index in [4.69, 9.17) is 4.74 Å². The lowest BCUT2D eigenvalue weighted by molar-refractivity contribution is -0.121. The number of carbonyl (C=O) groups excluding carboxylic acids is 1. The highest BCUT2D eigenvalue weighted by molar-refractivity contribution is 5.92. The predicted octanol–water partition coefficient (Wildman–Crippen LogP) is 2.05. The van der Waals surface area contributed by atoms with Crippen LogP contribution < -0.4 is 15.4 Å². The molecule has 0 spiro atoms. The summed E-state index contributed by atoms with van der Waals surface area (Å²) in [5, 5.41) is 5.85. The van der Waals surface area contributed by atoms with E-state index in [-0.39, 0.29) is 30.0 Å². The molecule has 2 rings (SSSR count). The molecule has 0 aromatic heterocycles. The third-order valence-corrected chi connectivity index (χ3v) is 3.35. The minimum absolute atomic E-state index is 0. The number of rotatable bonds is 4. The normalized spacial score (nSPS) is 15.9. The fourth-order valence-corrected chi connectivity index (χ4v) is 1.88. The Morgan fingerprint density at radius 2 is 2.21 bits per heavy atom. The molecular weight excluding hydrogens is 271 g/mol. The number of anilines is 1. The van der Waals surface area contributed by atoms with Gasteiger partial charge in [-0.2, -0.15) is 0 Å². The second kappa shape index (κ2) is 6.73. The first-order chi connectivity index (χ1) is 8.61. The van der Waals surface area contributed by atoms with E-state index in [9.17, 15) is 9.18 Å². The molecule has 0 aliphatic carbocycles. The third-order valence-electron chi connectivity index (χ3n) is 3.35. The molecule has 1 aromatic carbocycles. The first-order valence-electron chi connectivity index (χ1n) is 5.97. The summed E-state index contributed by atoms with van der Waals surface area (Å²) in [7, 11) is 1.41. The van der Waals surface area contributed by atoms with E-state index in [1.54, 1.807) is 6.07 Å². The zero-order valence-electron chi connectivity index (χ0n) is 10.9. The van der Waals surface area contributed by atoms with Crippen molar-refractivity contribution >= 4 is 24.0 Å². The average molecular weight is 289 g/mol. The summed E-state index contributed by atoms with van der Waals surface area (Å²) < 4.78 is 18.3. The Morgan fingerprint density at radius 1 is 1.53 bits per heavy atom. The van der Waals surface area contributed by atoms with E-state index >= 15 is 0 Å². The molecule has 106 valence electrons. The van der Waals surface area contributed by atoms with Gasteiger partial charge in [-0.15, -0.1) is 12.4 Å². The van der Waals surface area contributed by atoms with Gasteiger partial charge in [0.25, 0.3) is 0 Å². The molecule has 0 saturated carbocycles. The first kappa shape index (κ1) is 15.7. The fraction of sp³-hybridized carbons (Fsp3) is 0.462. The minimum Gasteiger partial charge on any atom is -0.494 e. The zero-order valence-corrected chi connectivity index (χ0v) is 11.7. The van der Waals surface area contributed by atoms with Gasteiger partial charge in [-0.1, -0.05) is 6.92 Å². The first-order valence-corrected chi connectivity index (χ1v) is 5.97. The third kappa shape index (κ3) is 3.58. The van der Waals surface area contributed by atoms with Crippen LogP contribution in [0.25, 0.3) is 0 Å². The van der Waals surface area contributed by atoms with Gasteiger partial charge < -0.3 is 15.4 Å². The molecule has 0 radical (unpaired) electrons. The van der Waals surface area contributed by atoms with Crippen LogP contribution in [0.15, 0.2) is 18.2 Å². The number of hydrogen-bond acceptors (Lipinski definition) is 3. The molecule has 4 nitrogen and oxygen atoms in total. The average Bonchev–Trinajstić information content (AvgIpc) is 2.26. The molecule has 0 bridgehead atoms. The maximum Gasteiger partial charge on any atom is 0.227 e. The smallest absolute Gasteiger partial charge is 0.227 e. The van der Waals surface area contributed by atoms with Gasteiger partial charge in [-0.05, 0) is 31.1 Å². The van der Waals surface area contributed by atoms with E-state index < -0.39 is 5.82 Å². The number of benzene rings is 1. The predicted molar refractivity (Wildman–Crippen MR) is 74.4 cm³/mol. The molecule has 1 heterocycles. The summed E-state index contributed by atoms with van der Waals surface area (Å²) in [6.45, 7) is 3.62. The largest absolute Gasteiger partial charge is 0.494 e. The Labute approximate surface area is 118 Å². The summed E-state index contributed by atoms with van der Waals surface area (Å²) >= 11 is 0. The van der Waals surface area contributed by atoms with Crippen LogP contribution >= 0.6 is 12.4 Å². The molecule has 1 atom stereocenters. The van der Waals surface area contributed by atoms with Crippen LogP contribution in [0.5, 0.6) is 5.75 Å². The van der Waals surface area contributed by atoms with Crippen LogP contribution in [0.4, 0.5) is 10.1 Å². The molecule has 19 heavy (non-hydrogen) atoms. The van der Waals surface area contributed by atoms with Gasteiger partial charge in [0.15, 0.2) is 11.6 Å². The number of ether oxygens (including phenoxy) is 1. The lowest BCUT2D eigenvalue weighted by Crippen LogP contribution is -2.48. The number of methoxy groups -OCH3 is 1. The van der Waals surface area contributed by atoms with Crippen molar-refractivity contribution in [2.24, 2.45) is 11.8 Å². The van der Waals surface area contributed by atoms with Crippen molar-refractivity contribution in [3.05, 3.63) is 24.0 Å². The van der Waals surface area contributed by atoms with E-state index in [0.29, 0.717) is 11.6 Å². The van der Waals surface area contributed by atoms with Crippen molar-refractivity contribution in [3.8, 4) is 5.75 Å². The van der Waals surface area contributed by atoms with Gasteiger partial charge >= 0.3 is 0 Å². The van der Waals surface area contributed by atoms with Gasteiger partial charge in [0.2, 0.25) is 5.91 Å². The van der Waals surface area contributed by atoms with E-state index in [0.717, 1.165) is 13.1 Å². The molecule has 1 aliphatic heterocycles. The van der Waals surface area contributed by atoms with Gasteiger partial charge in [-0.25, -0.2) is 4.39 Å². The monoisotopic (exact) mass is 288 g/mol. The quantitative estimate of drug-likeness (QED) is 0.891. The summed E-state index contributed by atoms with van der Waals surface area (Å²) in [4.78, 5) is 11.9. The number of halogens is 2. The summed E-state index contributed by atoms with van der Waals surface area (Å²) in [5.74, 6) is -0.0897. The van der Waals surface area contributed by atoms with Crippen LogP contribution in [0.3, 0.4) is 0 Å². The van der Waals surface area contributed by atoms with Crippen molar-refractivity contribution in [2.45, 2.75) is 6.92 Å². The maximum absolute atomic E-state index is 13.5. The Hall–Kier alpha value is -1.33. The summed E-state index contributed by atoms with van der Waals surface area (Å²) in [6.07, 6.45) is 0. The van der Waals surface area contributed by atoms with Crippen LogP contribution in [-0.2, 0) is 4.79 Å². The lowest BCUT2D eigenvalue weighted by Gasteiger charge is -2.31. The Kier molecular flexibility index (Phi) is 5.57. The van der Waals surface area contributed by atoms with E-state index in [1.807, 2.05) is 6.92 Å². The van der Waals surface area contributed by atoms with E-state index in [2.05, 4.69) is 10.6 Å². The summed E-state index contributed by atoms with van der Waals surface area (Å²) in [6, 6.07) is 4.40. The van der Waals surface area contributed by atoms with Crippen molar-refractivity contribution in [3.63, 3.8) is 0 Å². The minimum atomic E-state index is -0.478. The Balaban J connectivity index is 0.00000180. The molecular formula is C13H18ClFN2O2. The van der Waals surface area contributed by atoms with Gasteiger partial charge in [0.05, 0.1) is 7.11 Å². The molecule has 1 saturated heterocycles. The molecule has 1 aromatic rings. The number of amides is 1. The zero-order chi connectivity index (χ0) is 13.1. The molecule has 2 N–H and O–H groups in total. The highest BCUT2D eigenvalue weighted by Crippen LogP contribution is 2.22. The van der Waals surface area contributed by atoms with Crippen molar-refractivity contribution < 1.29 is 13.9 Å². The van der Waals surface area contributed by atoms with Crippen LogP contribution in [-0.4, -0.2) is 26.1 Å². The van der Waals surface area contributed by atoms with Crippen molar-refractivity contribution in [1.82, 2.24) is 5.32 Å². The maximum atomic E-state index is 13.5. The molecule has 1 fully saturated rings. The van der Waals surface area contributed by atoms with Crippen LogP contribution in [0, 0.1) is 17.7 Å².